The van der Waals surface area contributed by atoms with Crippen molar-refractivity contribution in [3.05, 3.63) is 53.7 Å². The fourth-order valence-corrected chi connectivity index (χ4v) is 1.75. The van der Waals surface area contributed by atoms with Crippen molar-refractivity contribution in [1.29, 1.82) is 0 Å². The molecule has 1 aromatic carbocycles. The van der Waals surface area contributed by atoms with Crippen molar-refractivity contribution in [2.75, 3.05) is 24.3 Å². The number of aryl methyl sites for hydroxylation is 1. The Bertz CT molecular complexity index is 561. The third kappa shape index (κ3) is 2.91. The van der Waals surface area contributed by atoms with Gasteiger partial charge in [-0.1, -0.05) is 17.7 Å². The lowest BCUT2D eigenvalue weighted by Gasteiger charge is -2.17. The normalized spacial score (nSPS) is 10.1. The molecule has 0 saturated heterocycles. The second-order valence-electron chi connectivity index (χ2n) is 4.38. The third-order valence-corrected chi connectivity index (χ3v) is 2.99. The summed E-state index contributed by atoms with van der Waals surface area (Å²) in [5.41, 5.74) is 2.61. The molecule has 0 radical (unpaired) electrons. The number of amides is 1. The van der Waals surface area contributed by atoms with Crippen LogP contribution in [0.25, 0.3) is 0 Å². The van der Waals surface area contributed by atoms with Crippen molar-refractivity contribution < 1.29 is 4.79 Å². The predicted molar refractivity (Wildman–Crippen MR) is 77.7 cm³/mol. The highest BCUT2D eigenvalue weighted by Crippen LogP contribution is 2.16. The number of pyridine rings is 1. The highest BCUT2D eigenvalue weighted by molar-refractivity contribution is 6.05. The van der Waals surface area contributed by atoms with E-state index in [0.717, 1.165) is 11.5 Å². The average molecular weight is 255 g/mol. The fraction of sp³-hybridized carbons (Fsp3) is 0.200. The Morgan fingerprint density at radius 2 is 1.84 bits per heavy atom. The van der Waals surface area contributed by atoms with Crippen LogP contribution in [0.5, 0.6) is 0 Å². The van der Waals surface area contributed by atoms with E-state index in [0.29, 0.717) is 5.56 Å². The minimum atomic E-state index is -0.0704. The molecular formula is C15H17N3O. The fourth-order valence-electron chi connectivity index (χ4n) is 1.75. The number of aromatic nitrogens is 1. The van der Waals surface area contributed by atoms with Gasteiger partial charge >= 0.3 is 0 Å². The van der Waals surface area contributed by atoms with E-state index in [1.165, 1.54) is 5.56 Å². The molecule has 0 unspecified atom stereocenters. The maximum absolute atomic E-state index is 12.3. The second-order valence-corrected chi connectivity index (χ2v) is 4.38. The van der Waals surface area contributed by atoms with Crippen LogP contribution in [0.15, 0.2) is 42.6 Å². The molecule has 1 aromatic heterocycles. The number of rotatable bonds is 3. The van der Waals surface area contributed by atoms with Gasteiger partial charge in [0.2, 0.25) is 0 Å². The molecule has 0 bridgehead atoms. The Morgan fingerprint density at radius 3 is 2.37 bits per heavy atom. The van der Waals surface area contributed by atoms with E-state index in [1.54, 1.807) is 37.3 Å². The summed E-state index contributed by atoms with van der Waals surface area (Å²) in [4.78, 5) is 18.1. The van der Waals surface area contributed by atoms with Gasteiger partial charge in [-0.15, -0.1) is 0 Å². The molecule has 4 nitrogen and oxygen atoms in total. The standard InChI is InChI=1S/C15H17N3O/c1-11-4-7-13(8-5-11)18(3)15(19)12-6-9-14(16-2)17-10-12/h4-10H,1-3H3,(H,16,17). The van der Waals surface area contributed by atoms with Crippen LogP contribution >= 0.6 is 0 Å². The molecule has 2 aromatic rings. The number of nitrogens with zero attached hydrogens (tertiary/aromatic N) is 2. The molecule has 0 atom stereocenters. The molecule has 2 rings (SSSR count). The first-order chi connectivity index (χ1) is 9.11. The largest absolute Gasteiger partial charge is 0.373 e. The highest BCUT2D eigenvalue weighted by atomic mass is 16.2. The minimum Gasteiger partial charge on any atom is -0.373 e. The van der Waals surface area contributed by atoms with Crippen molar-refractivity contribution in [1.82, 2.24) is 4.98 Å². The molecular weight excluding hydrogens is 238 g/mol. The van der Waals surface area contributed by atoms with Crippen molar-refractivity contribution in [2.24, 2.45) is 0 Å². The highest BCUT2D eigenvalue weighted by Gasteiger charge is 2.13. The summed E-state index contributed by atoms with van der Waals surface area (Å²) in [7, 11) is 3.56. The first-order valence-corrected chi connectivity index (χ1v) is 6.10. The van der Waals surface area contributed by atoms with E-state index in [9.17, 15) is 4.79 Å². The van der Waals surface area contributed by atoms with Crippen LogP contribution in [-0.2, 0) is 0 Å². The number of carbonyl (C=O) groups is 1. The van der Waals surface area contributed by atoms with Gasteiger partial charge in [0.15, 0.2) is 0 Å². The Kier molecular flexibility index (Phi) is 3.80. The Balaban J connectivity index is 2.20. The molecule has 1 amide bonds. The summed E-state index contributed by atoms with van der Waals surface area (Å²) in [6.45, 7) is 2.02. The number of carbonyl (C=O) groups excluding carboxylic acids is 1. The van der Waals surface area contributed by atoms with Crippen molar-refractivity contribution in [2.45, 2.75) is 6.92 Å². The summed E-state index contributed by atoms with van der Waals surface area (Å²) in [6.07, 6.45) is 1.58. The van der Waals surface area contributed by atoms with Gasteiger partial charge in [-0.3, -0.25) is 4.79 Å². The zero-order chi connectivity index (χ0) is 13.8. The summed E-state index contributed by atoms with van der Waals surface area (Å²) < 4.78 is 0. The van der Waals surface area contributed by atoms with Gasteiger partial charge in [0.1, 0.15) is 5.82 Å². The zero-order valence-corrected chi connectivity index (χ0v) is 11.3. The first-order valence-electron chi connectivity index (χ1n) is 6.10. The van der Waals surface area contributed by atoms with Gasteiger partial charge in [0.05, 0.1) is 5.56 Å². The minimum absolute atomic E-state index is 0.0704. The van der Waals surface area contributed by atoms with E-state index in [-0.39, 0.29) is 5.91 Å². The van der Waals surface area contributed by atoms with Gasteiger partial charge in [-0.25, -0.2) is 4.98 Å². The van der Waals surface area contributed by atoms with Crippen LogP contribution in [0.1, 0.15) is 15.9 Å². The summed E-state index contributed by atoms with van der Waals surface area (Å²) in [6, 6.07) is 11.4. The maximum Gasteiger partial charge on any atom is 0.259 e. The molecule has 4 heteroatoms. The van der Waals surface area contributed by atoms with Crippen LogP contribution in [0, 0.1) is 6.92 Å². The quantitative estimate of drug-likeness (QED) is 0.917. The van der Waals surface area contributed by atoms with Gasteiger partial charge in [0.25, 0.3) is 5.91 Å². The van der Waals surface area contributed by atoms with Gasteiger partial charge in [-0.2, -0.15) is 0 Å². The van der Waals surface area contributed by atoms with Gasteiger partial charge in [0, 0.05) is 26.0 Å². The van der Waals surface area contributed by atoms with E-state index >= 15 is 0 Å². The predicted octanol–water partition coefficient (Wildman–Crippen LogP) is 2.71. The lowest BCUT2D eigenvalue weighted by Crippen LogP contribution is -2.26. The molecule has 19 heavy (non-hydrogen) atoms. The van der Waals surface area contributed by atoms with E-state index < -0.39 is 0 Å². The molecule has 1 N–H and O–H groups in total. The van der Waals surface area contributed by atoms with Crippen LogP contribution in [-0.4, -0.2) is 25.0 Å². The zero-order valence-electron chi connectivity index (χ0n) is 11.3. The first kappa shape index (κ1) is 13.1. The number of benzene rings is 1. The lowest BCUT2D eigenvalue weighted by molar-refractivity contribution is 0.0992. The van der Waals surface area contributed by atoms with Crippen molar-refractivity contribution in [3.8, 4) is 0 Å². The van der Waals surface area contributed by atoms with Crippen LogP contribution in [0.3, 0.4) is 0 Å². The molecule has 1 heterocycles. The molecule has 98 valence electrons. The average Bonchev–Trinajstić information content (AvgIpc) is 2.46. The summed E-state index contributed by atoms with van der Waals surface area (Å²) in [5, 5.41) is 2.92. The number of anilines is 2. The lowest BCUT2D eigenvalue weighted by atomic mass is 10.2. The maximum atomic E-state index is 12.3. The van der Waals surface area contributed by atoms with Crippen LogP contribution in [0.4, 0.5) is 11.5 Å². The molecule has 0 aliphatic heterocycles. The number of hydrogen-bond donors (Lipinski definition) is 1. The Morgan fingerprint density at radius 1 is 1.16 bits per heavy atom. The van der Waals surface area contributed by atoms with E-state index in [1.807, 2.05) is 31.2 Å². The van der Waals surface area contributed by atoms with E-state index in [2.05, 4.69) is 10.3 Å². The molecule has 0 spiro atoms. The monoisotopic (exact) mass is 255 g/mol. The molecule has 0 aliphatic rings. The Hall–Kier alpha value is -2.36. The number of hydrogen-bond acceptors (Lipinski definition) is 3. The molecule has 0 aliphatic carbocycles. The number of nitrogens with one attached hydrogen (secondary N) is 1. The van der Waals surface area contributed by atoms with Crippen LogP contribution < -0.4 is 10.2 Å². The van der Waals surface area contributed by atoms with E-state index in [4.69, 9.17) is 0 Å². The van der Waals surface area contributed by atoms with Gasteiger partial charge in [-0.05, 0) is 31.2 Å². The van der Waals surface area contributed by atoms with Crippen LogP contribution in [0.2, 0.25) is 0 Å². The van der Waals surface area contributed by atoms with Crippen molar-refractivity contribution >= 4 is 17.4 Å². The third-order valence-electron chi connectivity index (χ3n) is 2.99. The molecule has 0 saturated carbocycles. The Labute approximate surface area is 113 Å². The molecule has 0 fully saturated rings. The smallest absolute Gasteiger partial charge is 0.259 e. The van der Waals surface area contributed by atoms with Gasteiger partial charge < -0.3 is 10.2 Å². The summed E-state index contributed by atoms with van der Waals surface area (Å²) in [5.74, 6) is 0.675. The SMILES string of the molecule is CNc1ccc(C(=O)N(C)c2ccc(C)cc2)cn1. The van der Waals surface area contributed by atoms with Crippen molar-refractivity contribution in [3.63, 3.8) is 0 Å². The topological polar surface area (TPSA) is 45.2 Å². The second kappa shape index (κ2) is 5.52. The summed E-state index contributed by atoms with van der Waals surface area (Å²) >= 11 is 0.